The Kier molecular flexibility index (Phi) is 3.64. The maximum absolute atomic E-state index is 12.0. The van der Waals surface area contributed by atoms with Gasteiger partial charge in [0.1, 0.15) is 11.3 Å². The molecular weight excluding hydrogens is 328 g/mol. The second kappa shape index (κ2) is 5.42. The number of pyridine rings is 1. The monoisotopic (exact) mass is 344 g/mol. The van der Waals surface area contributed by atoms with Crippen LogP contribution in [0.3, 0.4) is 0 Å². The van der Waals surface area contributed by atoms with Crippen LogP contribution in [0.15, 0.2) is 18.3 Å². The fourth-order valence-electron chi connectivity index (χ4n) is 2.86. The summed E-state index contributed by atoms with van der Waals surface area (Å²) in [6.45, 7) is 5.46. The number of benzene rings is 1. The van der Waals surface area contributed by atoms with Crippen LogP contribution in [0.1, 0.15) is 27.3 Å². The van der Waals surface area contributed by atoms with Gasteiger partial charge in [-0.2, -0.15) is 0 Å². The third-order valence-corrected chi connectivity index (χ3v) is 4.64. The summed E-state index contributed by atoms with van der Waals surface area (Å²) in [4.78, 5) is 16.4. The highest BCUT2D eigenvalue weighted by Gasteiger charge is 2.22. The molecule has 3 aromatic rings. The third kappa shape index (κ3) is 2.18. The number of carbonyl (C=O) groups is 1. The molecule has 6 nitrogen and oxygen atoms in total. The van der Waals surface area contributed by atoms with Crippen LogP contribution in [0.25, 0.3) is 16.8 Å². The number of nitrogen functional groups attached to an aromatic ring is 1. The molecule has 0 atom stereocenters. The maximum Gasteiger partial charge on any atom is 0.254 e. The summed E-state index contributed by atoms with van der Waals surface area (Å²) >= 11 is 6.33. The van der Waals surface area contributed by atoms with Crippen molar-refractivity contribution in [1.29, 1.82) is 0 Å². The minimum absolute atomic E-state index is 0.0908. The van der Waals surface area contributed by atoms with Gasteiger partial charge in [-0.15, -0.1) is 0 Å². The number of nitrogens with zero attached hydrogens (tertiary/aromatic N) is 2. The molecule has 0 aliphatic rings. The van der Waals surface area contributed by atoms with Crippen LogP contribution in [0.4, 0.5) is 5.69 Å². The predicted molar refractivity (Wildman–Crippen MR) is 94.4 cm³/mol. The van der Waals surface area contributed by atoms with Gasteiger partial charge in [0.05, 0.1) is 11.4 Å². The van der Waals surface area contributed by atoms with Crippen LogP contribution in [0, 0.1) is 20.8 Å². The van der Waals surface area contributed by atoms with Gasteiger partial charge >= 0.3 is 0 Å². The van der Waals surface area contributed by atoms with Crippen molar-refractivity contribution in [3.8, 4) is 16.9 Å². The molecule has 0 aliphatic heterocycles. The second-order valence-electron chi connectivity index (χ2n) is 5.74. The number of nitrogens with two attached hydrogens (primary N) is 2. The van der Waals surface area contributed by atoms with Gasteiger partial charge in [-0.25, -0.2) is 4.98 Å². The van der Waals surface area contributed by atoms with Crippen molar-refractivity contribution in [2.75, 3.05) is 5.73 Å². The first-order valence-corrected chi connectivity index (χ1v) is 7.67. The molecule has 3 rings (SSSR count). The standard InChI is InChI=1S/C17H17ClN4O2/c1-7-12(23)5-4-11(18)13(7)10-6-22-9(3)8(2)21-17(22)14(15(10)19)16(20)24/h4-6,23H,19H2,1-3H3,(H2,20,24). The van der Waals surface area contributed by atoms with E-state index in [1.807, 2.05) is 13.8 Å². The minimum Gasteiger partial charge on any atom is -0.508 e. The molecule has 0 fully saturated rings. The van der Waals surface area contributed by atoms with Crippen molar-refractivity contribution in [2.45, 2.75) is 20.8 Å². The topological polar surface area (TPSA) is 107 Å². The summed E-state index contributed by atoms with van der Waals surface area (Å²) < 4.78 is 1.76. The predicted octanol–water partition coefficient (Wildman–Crippen LogP) is 2.97. The zero-order valence-electron chi connectivity index (χ0n) is 13.5. The lowest BCUT2D eigenvalue weighted by Crippen LogP contribution is -2.16. The van der Waals surface area contributed by atoms with E-state index >= 15 is 0 Å². The molecular formula is C17H17ClN4O2. The molecule has 1 aromatic carbocycles. The molecule has 0 bridgehead atoms. The highest BCUT2D eigenvalue weighted by Crippen LogP contribution is 2.40. The molecule has 124 valence electrons. The third-order valence-electron chi connectivity index (χ3n) is 4.33. The number of primary amides is 1. The van der Waals surface area contributed by atoms with Gasteiger partial charge in [0, 0.05) is 33.6 Å². The number of amides is 1. The molecule has 0 saturated heterocycles. The molecule has 2 heterocycles. The average Bonchev–Trinajstić information content (AvgIpc) is 2.78. The molecule has 0 aliphatic carbocycles. The lowest BCUT2D eigenvalue weighted by atomic mass is 9.97. The summed E-state index contributed by atoms with van der Waals surface area (Å²) in [7, 11) is 0. The number of anilines is 1. The van der Waals surface area contributed by atoms with E-state index < -0.39 is 5.91 Å². The van der Waals surface area contributed by atoms with E-state index in [0.29, 0.717) is 27.4 Å². The van der Waals surface area contributed by atoms with Gasteiger partial charge in [-0.3, -0.25) is 4.79 Å². The lowest BCUT2D eigenvalue weighted by Gasteiger charge is -2.16. The fraction of sp³-hybridized carbons (Fsp3) is 0.176. The molecule has 2 aromatic heterocycles. The zero-order chi connectivity index (χ0) is 17.8. The van der Waals surface area contributed by atoms with Crippen molar-refractivity contribution >= 4 is 28.8 Å². The Morgan fingerprint density at radius 1 is 1.29 bits per heavy atom. The highest BCUT2D eigenvalue weighted by molar-refractivity contribution is 6.34. The van der Waals surface area contributed by atoms with Crippen LogP contribution in [0.2, 0.25) is 5.02 Å². The van der Waals surface area contributed by atoms with Crippen LogP contribution < -0.4 is 11.5 Å². The largest absolute Gasteiger partial charge is 0.508 e. The SMILES string of the molecule is Cc1nc2c(C(N)=O)c(N)c(-c3c(Cl)ccc(O)c3C)cn2c1C. The van der Waals surface area contributed by atoms with Gasteiger partial charge in [0.25, 0.3) is 5.91 Å². The maximum atomic E-state index is 12.0. The number of carbonyl (C=O) groups excluding carboxylic acids is 1. The van der Waals surface area contributed by atoms with Crippen LogP contribution in [0.5, 0.6) is 5.75 Å². The molecule has 0 unspecified atom stereocenters. The number of fused-ring (bicyclic) bond motifs is 1. The number of hydrogen-bond donors (Lipinski definition) is 3. The van der Waals surface area contributed by atoms with E-state index in [2.05, 4.69) is 4.98 Å². The Labute approximate surface area is 143 Å². The van der Waals surface area contributed by atoms with Gasteiger partial charge in [-0.05, 0) is 32.9 Å². The molecule has 5 N–H and O–H groups in total. The van der Waals surface area contributed by atoms with Crippen LogP contribution in [-0.2, 0) is 0 Å². The van der Waals surface area contributed by atoms with E-state index in [1.165, 1.54) is 6.07 Å². The van der Waals surface area contributed by atoms with E-state index in [-0.39, 0.29) is 17.0 Å². The summed E-state index contributed by atoms with van der Waals surface area (Å²) in [5.41, 5.74) is 15.8. The quantitative estimate of drug-likeness (QED) is 0.664. The summed E-state index contributed by atoms with van der Waals surface area (Å²) in [6.07, 6.45) is 1.76. The number of imidazole rings is 1. The number of phenolic OH excluding ortho intramolecular Hbond substituents is 1. The second-order valence-corrected chi connectivity index (χ2v) is 6.15. The van der Waals surface area contributed by atoms with Crippen LogP contribution in [-0.4, -0.2) is 20.4 Å². The van der Waals surface area contributed by atoms with Gasteiger partial charge < -0.3 is 21.0 Å². The lowest BCUT2D eigenvalue weighted by molar-refractivity contribution is 0.100. The Morgan fingerprint density at radius 3 is 2.58 bits per heavy atom. The average molecular weight is 345 g/mol. The van der Waals surface area contributed by atoms with Crippen molar-refractivity contribution in [3.63, 3.8) is 0 Å². The fourth-order valence-corrected chi connectivity index (χ4v) is 3.16. The normalized spacial score (nSPS) is 11.2. The van der Waals surface area contributed by atoms with Gasteiger partial charge in [0.2, 0.25) is 0 Å². The molecule has 0 saturated carbocycles. The van der Waals surface area contributed by atoms with Crippen molar-refractivity contribution < 1.29 is 9.90 Å². The number of phenols is 1. The molecule has 7 heteroatoms. The number of rotatable bonds is 2. The number of halogens is 1. The van der Waals surface area contributed by atoms with E-state index in [0.717, 1.165) is 11.4 Å². The minimum atomic E-state index is -0.668. The number of aryl methyl sites for hydroxylation is 2. The first-order valence-electron chi connectivity index (χ1n) is 7.30. The van der Waals surface area contributed by atoms with E-state index in [9.17, 15) is 9.90 Å². The molecule has 24 heavy (non-hydrogen) atoms. The van der Waals surface area contributed by atoms with Crippen molar-refractivity contribution in [3.05, 3.63) is 45.9 Å². The van der Waals surface area contributed by atoms with E-state index in [1.54, 1.807) is 23.6 Å². The molecule has 1 amide bonds. The van der Waals surface area contributed by atoms with Gasteiger partial charge in [0.15, 0.2) is 5.65 Å². The first kappa shape index (κ1) is 16.1. The number of hydrogen-bond acceptors (Lipinski definition) is 4. The zero-order valence-corrected chi connectivity index (χ0v) is 14.3. The van der Waals surface area contributed by atoms with Crippen molar-refractivity contribution in [2.24, 2.45) is 5.73 Å². The molecule has 0 spiro atoms. The summed E-state index contributed by atoms with van der Waals surface area (Å²) in [5.74, 6) is -0.577. The Hall–Kier alpha value is -2.73. The summed E-state index contributed by atoms with van der Waals surface area (Å²) in [6, 6.07) is 3.09. The van der Waals surface area contributed by atoms with Crippen LogP contribution >= 0.6 is 11.6 Å². The Morgan fingerprint density at radius 2 is 1.96 bits per heavy atom. The Balaban J connectivity index is 2.51. The van der Waals surface area contributed by atoms with E-state index in [4.69, 9.17) is 23.1 Å². The highest BCUT2D eigenvalue weighted by atomic mass is 35.5. The molecule has 0 radical (unpaired) electrons. The smallest absolute Gasteiger partial charge is 0.254 e. The summed E-state index contributed by atoms with van der Waals surface area (Å²) in [5, 5.41) is 10.4. The first-order chi connectivity index (χ1) is 11.2. The van der Waals surface area contributed by atoms with Crippen molar-refractivity contribution in [1.82, 2.24) is 9.38 Å². The number of aromatic nitrogens is 2. The van der Waals surface area contributed by atoms with Gasteiger partial charge in [-0.1, -0.05) is 11.6 Å². The Bertz CT molecular complexity index is 1010. The number of aromatic hydroxyl groups is 1.